The summed E-state index contributed by atoms with van der Waals surface area (Å²) in [6.07, 6.45) is 1.93. The van der Waals surface area contributed by atoms with E-state index in [1.54, 1.807) is 0 Å². The monoisotopic (exact) mass is 441 g/mol. The molecule has 1 amide bonds. The molecule has 0 aromatic heterocycles. The summed E-state index contributed by atoms with van der Waals surface area (Å²) in [4.78, 5) is 14.9. The minimum absolute atomic E-state index is 0.365. The van der Waals surface area contributed by atoms with Crippen molar-refractivity contribution in [3.05, 3.63) is 96.2 Å². The molecule has 0 spiro atoms. The summed E-state index contributed by atoms with van der Waals surface area (Å²) in [5.74, 6) is -0.365. The lowest BCUT2D eigenvalue weighted by molar-refractivity contribution is -0.157. The Hall–Kier alpha value is -3.61. The number of carbonyl (C=O) groups is 1. The van der Waals surface area contributed by atoms with Crippen molar-refractivity contribution in [2.45, 2.75) is 12.5 Å². The quantitative estimate of drug-likeness (QED) is 0.588. The molecule has 3 aromatic carbocycles. The van der Waals surface area contributed by atoms with Crippen LogP contribution in [0, 0.1) is 0 Å². The largest absolute Gasteiger partial charge is 0.378 e. The van der Waals surface area contributed by atoms with Crippen molar-refractivity contribution in [1.29, 1.82) is 0 Å². The Balaban J connectivity index is 1.29. The first-order valence-corrected chi connectivity index (χ1v) is 11.3. The lowest BCUT2D eigenvalue weighted by atomic mass is 9.99. The highest BCUT2D eigenvalue weighted by Crippen LogP contribution is 2.24. The Morgan fingerprint density at radius 2 is 1.48 bits per heavy atom. The Morgan fingerprint density at radius 1 is 0.848 bits per heavy atom. The molecule has 2 N–H and O–H groups in total. The van der Waals surface area contributed by atoms with E-state index in [1.165, 1.54) is 6.20 Å². The molecule has 0 saturated carbocycles. The summed E-state index contributed by atoms with van der Waals surface area (Å²) in [6.45, 7) is 3.24. The molecule has 5 rings (SSSR count). The molecular weight excluding hydrogens is 414 g/mol. The SMILES string of the molecule is O=C1C(Cc2ccc(-c3ccccc3)cc2)NC(c2ccc(N3CCOCC3)cc2)=CN1O. The van der Waals surface area contributed by atoms with Crippen LogP contribution in [0.5, 0.6) is 0 Å². The van der Waals surface area contributed by atoms with Crippen molar-refractivity contribution in [3.8, 4) is 11.1 Å². The Kier molecular flexibility index (Phi) is 6.11. The van der Waals surface area contributed by atoms with Crippen LogP contribution >= 0.6 is 0 Å². The maximum Gasteiger partial charge on any atom is 0.272 e. The topological polar surface area (TPSA) is 65.0 Å². The lowest BCUT2D eigenvalue weighted by Gasteiger charge is -2.30. The predicted octanol–water partition coefficient (Wildman–Crippen LogP) is 3.92. The third-order valence-corrected chi connectivity index (χ3v) is 6.16. The van der Waals surface area contributed by atoms with Gasteiger partial charge >= 0.3 is 0 Å². The molecule has 2 aliphatic rings. The molecule has 2 aliphatic heterocycles. The van der Waals surface area contributed by atoms with Crippen LogP contribution in [0.2, 0.25) is 0 Å². The van der Waals surface area contributed by atoms with Crippen LogP contribution in [0.15, 0.2) is 85.1 Å². The van der Waals surface area contributed by atoms with E-state index in [1.807, 2.05) is 42.5 Å². The van der Waals surface area contributed by atoms with Gasteiger partial charge in [-0.2, -0.15) is 5.06 Å². The van der Waals surface area contributed by atoms with E-state index in [0.717, 1.165) is 59.9 Å². The number of anilines is 1. The average Bonchev–Trinajstić information content (AvgIpc) is 2.88. The molecular formula is C27H27N3O3. The Morgan fingerprint density at radius 3 is 2.18 bits per heavy atom. The minimum Gasteiger partial charge on any atom is -0.378 e. The molecule has 0 radical (unpaired) electrons. The van der Waals surface area contributed by atoms with Crippen molar-refractivity contribution >= 4 is 17.3 Å². The van der Waals surface area contributed by atoms with Crippen LogP contribution < -0.4 is 10.2 Å². The number of hydrogen-bond acceptors (Lipinski definition) is 5. The first-order valence-electron chi connectivity index (χ1n) is 11.3. The zero-order valence-corrected chi connectivity index (χ0v) is 18.4. The summed E-state index contributed by atoms with van der Waals surface area (Å²) in [7, 11) is 0. The molecule has 1 unspecified atom stereocenters. The van der Waals surface area contributed by atoms with Crippen molar-refractivity contribution < 1.29 is 14.7 Å². The van der Waals surface area contributed by atoms with Crippen molar-refractivity contribution in [1.82, 2.24) is 10.4 Å². The van der Waals surface area contributed by atoms with Gasteiger partial charge in [0.15, 0.2) is 0 Å². The van der Waals surface area contributed by atoms with Crippen LogP contribution in [0.3, 0.4) is 0 Å². The minimum atomic E-state index is -0.545. The highest BCUT2D eigenvalue weighted by molar-refractivity contribution is 5.88. The van der Waals surface area contributed by atoms with Crippen molar-refractivity contribution in [2.75, 3.05) is 31.2 Å². The van der Waals surface area contributed by atoms with E-state index in [4.69, 9.17) is 4.74 Å². The van der Waals surface area contributed by atoms with E-state index in [-0.39, 0.29) is 5.91 Å². The molecule has 1 saturated heterocycles. The first-order chi connectivity index (χ1) is 16.2. The molecule has 1 fully saturated rings. The van der Waals surface area contributed by atoms with Crippen LogP contribution in [0.25, 0.3) is 16.8 Å². The maximum atomic E-state index is 12.6. The Bertz CT molecular complexity index is 1120. The van der Waals surface area contributed by atoms with E-state index in [0.29, 0.717) is 11.5 Å². The maximum absolute atomic E-state index is 12.6. The number of ether oxygens (including phenoxy) is 1. The van der Waals surface area contributed by atoms with Gasteiger partial charge in [-0.3, -0.25) is 10.0 Å². The van der Waals surface area contributed by atoms with Crippen LogP contribution in [-0.4, -0.2) is 48.5 Å². The average molecular weight is 442 g/mol. The summed E-state index contributed by atoms with van der Waals surface area (Å²) in [5.41, 5.74) is 6.10. The molecule has 168 valence electrons. The number of benzene rings is 3. The van der Waals surface area contributed by atoms with Gasteiger partial charge in [-0.05, 0) is 34.4 Å². The molecule has 6 heteroatoms. The lowest BCUT2D eigenvalue weighted by Crippen LogP contribution is -2.48. The van der Waals surface area contributed by atoms with Gasteiger partial charge in [0.05, 0.1) is 25.1 Å². The summed E-state index contributed by atoms with van der Waals surface area (Å²) >= 11 is 0. The molecule has 3 aromatic rings. The highest BCUT2D eigenvalue weighted by atomic mass is 16.5. The zero-order valence-electron chi connectivity index (χ0n) is 18.4. The van der Waals surface area contributed by atoms with Gasteiger partial charge < -0.3 is 15.0 Å². The Labute approximate surface area is 193 Å². The standard InChI is InChI=1S/C27H27N3O3/c31-27-25(18-20-6-8-22(9-7-20)21-4-2-1-3-5-21)28-26(19-30(27)32)23-10-12-24(13-11-23)29-14-16-33-17-15-29/h1-13,19,25,28,32H,14-18H2. The van der Waals surface area contributed by atoms with Crippen molar-refractivity contribution in [3.63, 3.8) is 0 Å². The normalized spacial score (nSPS) is 18.6. The van der Waals surface area contributed by atoms with Crippen LogP contribution in [0.1, 0.15) is 11.1 Å². The van der Waals surface area contributed by atoms with Crippen LogP contribution in [-0.2, 0) is 16.0 Å². The third-order valence-electron chi connectivity index (χ3n) is 6.16. The number of nitrogens with one attached hydrogen (secondary N) is 1. The number of carbonyl (C=O) groups excluding carboxylic acids is 1. The van der Waals surface area contributed by atoms with Gasteiger partial charge in [-0.15, -0.1) is 0 Å². The van der Waals surface area contributed by atoms with E-state index >= 15 is 0 Å². The number of nitrogens with zero attached hydrogens (tertiary/aromatic N) is 2. The molecule has 0 bridgehead atoms. The molecule has 6 nitrogen and oxygen atoms in total. The summed E-state index contributed by atoms with van der Waals surface area (Å²) in [6, 6.07) is 26.0. The molecule has 1 atom stereocenters. The smallest absolute Gasteiger partial charge is 0.272 e. The number of morpholine rings is 1. The summed E-state index contributed by atoms with van der Waals surface area (Å²) in [5, 5.41) is 14.3. The second-order valence-electron chi connectivity index (χ2n) is 8.34. The fourth-order valence-corrected chi connectivity index (χ4v) is 4.30. The van der Waals surface area contributed by atoms with Crippen molar-refractivity contribution in [2.24, 2.45) is 0 Å². The third kappa shape index (κ3) is 4.77. The summed E-state index contributed by atoms with van der Waals surface area (Å²) < 4.78 is 5.43. The van der Waals surface area contributed by atoms with Gasteiger partial charge in [-0.1, -0.05) is 66.7 Å². The van der Waals surface area contributed by atoms with Gasteiger partial charge in [0, 0.05) is 25.2 Å². The molecule has 33 heavy (non-hydrogen) atoms. The number of amides is 1. The van der Waals surface area contributed by atoms with Crippen LogP contribution in [0.4, 0.5) is 5.69 Å². The fourth-order valence-electron chi connectivity index (χ4n) is 4.30. The second-order valence-corrected chi connectivity index (χ2v) is 8.34. The van der Waals surface area contributed by atoms with Gasteiger partial charge in [0.2, 0.25) is 0 Å². The van der Waals surface area contributed by atoms with E-state index in [2.05, 4.69) is 46.6 Å². The second kappa shape index (κ2) is 9.48. The van der Waals surface area contributed by atoms with E-state index < -0.39 is 6.04 Å². The highest BCUT2D eigenvalue weighted by Gasteiger charge is 2.29. The van der Waals surface area contributed by atoms with Gasteiger partial charge in [0.25, 0.3) is 5.91 Å². The van der Waals surface area contributed by atoms with Gasteiger partial charge in [-0.25, -0.2) is 0 Å². The van der Waals surface area contributed by atoms with Gasteiger partial charge in [0.1, 0.15) is 6.04 Å². The molecule has 0 aliphatic carbocycles. The molecule has 2 heterocycles. The van der Waals surface area contributed by atoms with E-state index in [9.17, 15) is 10.0 Å². The predicted molar refractivity (Wildman–Crippen MR) is 129 cm³/mol. The fraction of sp³-hybridized carbons (Fsp3) is 0.222. The number of hydrogen-bond donors (Lipinski definition) is 2. The zero-order chi connectivity index (χ0) is 22.6. The number of rotatable bonds is 5. The number of hydroxylamine groups is 2. The first kappa shape index (κ1) is 21.2.